The minimum Gasteiger partial charge on any atom is -0.473 e. The van der Waals surface area contributed by atoms with Gasteiger partial charge < -0.3 is 15.2 Å². The van der Waals surface area contributed by atoms with Gasteiger partial charge in [-0.2, -0.15) is 15.3 Å². The number of nitrogens with one attached hydrogen (secondary N) is 2. The van der Waals surface area contributed by atoms with Crippen molar-refractivity contribution in [3.63, 3.8) is 0 Å². The number of fused-ring (bicyclic) bond motifs is 4. The molecule has 1 aliphatic heterocycles. The number of hydrogen-bond acceptors (Lipinski definition) is 6. The maximum absolute atomic E-state index is 9.41. The minimum absolute atomic E-state index is 0.0460. The third-order valence-electron chi connectivity index (χ3n) is 5.87. The smallest absolute Gasteiger partial charge is 0.219 e. The van der Waals surface area contributed by atoms with Crippen molar-refractivity contribution in [2.45, 2.75) is 33.0 Å². The Morgan fingerprint density at radius 1 is 1.28 bits per heavy atom. The molecule has 2 bridgehead atoms. The summed E-state index contributed by atoms with van der Waals surface area (Å²) in [6, 6.07) is 6.17. The average Bonchev–Trinajstić information content (AvgIpc) is 3.43. The van der Waals surface area contributed by atoms with Gasteiger partial charge in [-0.15, -0.1) is 0 Å². The van der Waals surface area contributed by atoms with E-state index < -0.39 is 0 Å². The second-order valence-corrected chi connectivity index (χ2v) is 8.14. The molecule has 0 unspecified atom stereocenters. The van der Waals surface area contributed by atoms with Gasteiger partial charge in [-0.3, -0.25) is 9.78 Å². The van der Waals surface area contributed by atoms with Crippen molar-refractivity contribution in [1.82, 2.24) is 35.1 Å². The lowest BCUT2D eigenvalue weighted by Crippen LogP contribution is -2.29. The molecule has 166 valence electrons. The zero-order valence-electron chi connectivity index (χ0n) is 18.5. The maximum atomic E-state index is 9.41. The summed E-state index contributed by atoms with van der Waals surface area (Å²) < 4.78 is 9.90. The normalized spacial score (nSPS) is 17.4. The van der Waals surface area contributed by atoms with Crippen LogP contribution in [-0.4, -0.2) is 54.1 Å². The van der Waals surface area contributed by atoms with Gasteiger partial charge >= 0.3 is 0 Å². The highest BCUT2D eigenvalue weighted by molar-refractivity contribution is 5.93. The molecule has 0 fully saturated rings. The number of rotatable bonds is 2. The molecule has 0 spiro atoms. The highest BCUT2D eigenvalue weighted by Gasteiger charge is 2.18. The Hall–Kier alpha value is -3.43. The van der Waals surface area contributed by atoms with Gasteiger partial charge in [0.05, 0.1) is 41.8 Å². The summed E-state index contributed by atoms with van der Waals surface area (Å²) in [5.41, 5.74) is 6.78. The van der Waals surface area contributed by atoms with Crippen LogP contribution in [0.3, 0.4) is 0 Å². The van der Waals surface area contributed by atoms with E-state index in [-0.39, 0.29) is 12.7 Å². The summed E-state index contributed by atoms with van der Waals surface area (Å²) in [5, 5.41) is 30.6. The first kappa shape index (κ1) is 20.5. The fourth-order valence-corrected chi connectivity index (χ4v) is 4.16. The Bertz CT molecular complexity index is 1300. The number of aromatic amines is 1. The molecule has 3 aromatic heterocycles. The highest BCUT2D eigenvalue weighted by atomic mass is 16.5. The molecular formula is C23H27N7O2. The summed E-state index contributed by atoms with van der Waals surface area (Å²) in [6.07, 6.45) is 5.89. The molecule has 1 atom stereocenters. The SMILES string of the molecule is Cc1c2c(nn1CCO)CNC[C@H](C)Oc1c(cnn1C)-c1ccc3n[nH]c(c3c1)/C=C/2. The van der Waals surface area contributed by atoms with E-state index in [1.807, 2.05) is 50.0 Å². The molecule has 0 saturated carbocycles. The fourth-order valence-electron chi connectivity index (χ4n) is 4.16. The summed E-state index contributed by atoms with van der Waals surface area (Å²) in [7, 11) is 1.89. The number of aliphatic hydroxyl groups excluding tert-OH is 1. The van der Waals surface area contributed by atoms with Crippen LogP contribution in [-0.2, 0) is 20.1 Å². The molecule has 32 heavy (non-hydrogen) atoms. The Labute approximate surface area is 185 Å². The van der Waals surface area contributed by atoms with Crippen molar-refractivity contribution in [3.8, 4) is 17.0 Å². The molecule has 0 radical (unpaired) electrons. The Kier molecular flexibility index (Phi) is 5.28. The Balaban J connectivity index is 1.65. The summed E-state index contributed by atoms with van der Waals surface area (Å²) in [6.45, 7) is 5.82. The zero-order chi connectivity index (χ0) is 22.2. The first-order chi connectivity index (χ1) is 15.5. The van der Waals surface area contributed by atoms with Crippen LogP contribution >= 0.6 is 0 Å². The molecule has 9 nitrogen and oxygen atoms in total. The van der Waals surface area contributed by atoms with E-state index in [0.717, 1.165) is 50.6 Å². The predicted octanol–water partition coefficient (Wildman–Crippen LogP) is 2.50. The Morgan fingerprint density at radius 2 is 2.16 bits per heavy atom. The molecule has 5 rings (SSSR count). The molecular weight excluding hydrogens is 406 g/mol. The molecule has 0 saturated heterocycles. The number of aryl methyl sites for hydroxylation is 1. The van der Waals surface area contributed by atoms with Crippen LogP contribution in [0.15, 0.2) is 24.4 Å². The predicted molar refractivity (Wildman–Crippen MR) is 123 cm³/mol. The first-order valence-corrected chi connectivity index (χ1v) is 10.8. The number of H-pyrrole nitrogens is 1. The van der Waals surface area contributed by atoms with E-state index in [2.05, 4.69) is 32.8 Å². The number of benzene rings is 1. The summed E-state index contributed by atoms with van der Waals surface area (Å²) >= 11 is 0. The number of ether oxygens (including phenoxy) is 1. The number of hydrogen-bond donors (Lipinski definition) is 3. The first-order valence-electron chi connectivity index (χ1n) is 10.8. The van der Waals surface area contributed by atoms with Crippen molar-refractivity contribution in [2.75, 3.05) is 13.2 Å². The van der Waals surface area contributed by atoms with E-state index >= 15 is 0 Å². The molecule has 3 N–H and O–H groups in total. The standard InChI is InChI=1S/C23H27N7O2/c1-14-11-24-13-22-17(15(2)30(28-22)8-9-31)5-7-21-18-10-16(4-6-20(18)26-27-21)19-12-25-29(3)23(19)32-14/h4-7,10,12,14,24,31H,8-9,11,13H2,1-3H3,(H,26,27)/b7-5+/t14-/m0/s1. The Morgan fingerprint density at radius 3 is 3.00 bits per heavy atom. The lowest BCUT2D eigenvalue weighted by molar-refractivity contribution is 0.199. The van der Waals surface area contributed by atoms with Crippen molar-refractivity contribution in [3.05, 3.63) is 47.0 Å². The molecule has 0 aliphatic carbocycles. The lowest BCUT2D eigenvalue weighted by atomic mass is 10.0. The van der Waals surface area contributed by atoms with Gasteiger partial charge in [0, 0.05) is 36.8 Å². The molecule has 1 aliphatic rings. The van der Waals surface area contributed by atoms with Crippen LogP contribution in [0.25, 0.3) is 34.2 Å². The second kappa shape index (κ2) is 8.25. The molecule has 4 heterocycles. The van der Waals surface area contributed by atoms with Gasteiger partial charge in [0.2, 0.25) is 5.88 Å². The van der Waals surface area contributed by atoms with Crippen LogP contribution in [0.4, 0.5) is 0 Å². The van der Waals surface area contributed by atoms with E-state index in [1.165, 1.54) is 0 Å². The third-order valence-corrected chi connectivity index (χ3v) is 5.87. The zero-order valence-corrected chi connectivity index (χ0v) is 18.5. The summed E-state index contributed by atoms with van der Waals surface area (Å²) in [5.74, 6) is 0.734. The van der Waals surface area contributed by atoms with Gasteiger partial charge in [0.1, 0.15) is 6.10 Å². The van der Waals surface area contributed by atoms with E-state index in [9.17, 15) is 5.11 Å². The van der Waals surface area contributed by atoms with Crippen LogP contribution < -0.4 is 10.1 Å². The second-order valence-electron chi connectivity index (χ2n) is 8.14. The van der Waals surface area contributed by atoms with Crippen LogP contribution in [0.5, 0.6) is 5.88 Å². The highest BCUT2D eigenvalue weighted by Crippen LogP contribution is 2.33. The van der Waals surface area contributed by atoms with E-state index in [0.29, 0.717) is 19.6 Å². The quantitative estimate of drug-likeness (QED) is 0.449. The van der Waals surface area contributed by atoms with E-state index in [4.69, 9.17) is 9.84 Å². The van der Waals surface area contributed by atoms with Gasteiger partial charge in [-0.05, 0) is 43.7 Å². The van der Waals surface area contributed by atoms with Gasteiger partial charge in [0.25, 0.3) is 0 Å². The summed E-state index contributed by atoms with van der Waals surface area (Å²) in [4.78, 5) is 0. The topological polar surface area (TPSA) is 106 Å². The maximum Gasteiger partial charge on any atom is 0.219 e. The van der Waals surface area contributed by atoms with Crippen molar-refractivity contribution < 1.29 is 9.84 Å². The molecule has 1 aromatic carbocycles. The third kappa shape index (κ3) is 3.59. The van der Waals surface area contributed by atoms with Crippen LogP contribution in [0.2, 0.25) is 0 Å². The van der Waals surface area contributed by atoms with Crippen molar-refractivity contribution in [1.29, 1.82) is 0 Å². The van der Waals surface area contributed by atoms with Crippen LogP contribution in [0, 0.1) is 6.92 Å². The lowest BCUT2D eigenvalue weighted by Gasteiger charge is -2.16. The average molecular weight is 434 g/mol. The monoisotopic (exact) mass is 433 g/mol. The molecule has 4 aromatic rings. The van der Waals surface area contributed by atoms with Crippen molar-refractivity contribution >= 4 is 23.1 Å². The van der Waals surface area contributed by atoms with E-state index in [1.54, 1.807) is 4.68 Å². The molecule has 0 amide bonds. The van der Waals surface area contributed by atoms with Gasteiger partial charge in [-0.25, -0.2) is 4.68 Å². The fraction of sp³-hybridized carbons (Fsp3) is 0.348. The van der Waals surface area contributed by atoms with Crippen molar-refractivity contribution in [2.24, 2.45) is 7.05 Å². The van der Waals surface area contributed by atoms with Gasteiger partial charge in [-0.1, -0.05) is 6.07 Å². The number of nitrogens with zero attached hydrogens (tertiary/aromatic N) is 5. The van der Waals surface area contributed by atoms with Crippen LogP contribution in [0.1, 0.15) is 29.6 Å². The molecule has 9 heteroatoms. The number of aromatic nitrogens is 6. The largest absolute Gasteiger partial charge is 0.473 e. The minimum atomic E-state index is -0.0675. The van der Waals surface area contributed by atoms with Gasteiger partial charge in [0.15, 0.2) is 0 Å². The number of aliphatic hydroxyl groups is 1.